The van der Waals surface area contributed by atoms with Crippen LogP contribution in [0.3, 0.4) is 0 Å². The average molecular weight is 339 g/mol. The minimum Gasteiger partial charge on any atom is -0.456 e. The summed E-state index contributed by atoms with van der Waals surface area (Å²) in [6.07, 6.45) is 1.33. The molecule has 0 saturated heterocycles. The molecular weight excluding hydrogens is 326 g/mol. The second-order valence-electron chi connectivity index (χ2n) is 5.12. The van der Waals surface area contributed by atoms with E-state index >= 15 is 0 Å². The van der Waals surface area contributed by atoms with Gasteiger partial charge in [0.2, 0.25) is 0 Å². The van der Waals surface area contributed by atoms with Crippen LogP contribution in [0.15, 0.2) is 62.5 Å². The molecule has 0 radical (unpaired) electrons. The fourth-order valence-corrected chi connectivity index (χ4v) is 2.12. The molecule has 1 N–H and O–H groups in total. The van der Waals surface area contributed by atoms with E-state index in [4.69, 9.17) is 8.83 Å². The Morgan fingerprint density at radius 3 is 2.76 bits per heavy atom. The third-order valence-electron chi connectivity index (χ3n) is 3.29. The van der Waals surface area contributed by atoms with Gasteiger partial charge in [0.05, 0.1) is 11.1 Å². The van der Waals surface area contributed by atoms with Crippen LogP contribution in [0.1, 0.15) is 22.1 Å². The van der Waals surface area contributed by atoms with Crippen LogP contribution in [0.2, 0.25) is 0 Å². The molecule has 0 unspecified atom stereocenters. The molecule has 8 heteroatoms. The van der Waals surface area contributed by atoms with Gasteiger partial charge in [-0.25, -0.2) is 5.43 Å². The van der Waals surface area contributed by atoms with E-state index in [2.05, 4.69) is 10.5 Å². The summed E-state index contributed by atoms with van der Waals surface area (Å²) in [6, 6.07) is 12.6. The number of benzene rings is 1. The van der Waals surface area contributed by atoms with Crippen LogP contribution in [0.4, 0.5) is 5.69 Å². The van der Waals surface area contributed by atoms with E-state index in [-0.39, 0.29) is 11.4 Å². The Kier molecular flexibility index (Phi) is 4.42. The highest BCUT2D eigenvalue weighted by Gasteiger charge is 2.10. The molecule has 0 aliphatic rings. The van der Waals surface area contributed by atoms with Gasteiger partial charge in [-0.3, -0.25) is 14.9 Å². The number of amides is 1. The van der Waals surface area contributed by atoms with Gasteiger partial charge >= 0.3 is 5.91 Å². The van der Waals surface area contributed by atoms with E-state index in [1.807, 2.05) is 0 Å². The molecule has 0 aliphatic heterocycles. The fourth-order valence-electron chi connectivity index (χ4n) is 2.12. The molecule has 2 heterocycles. The molecule has 1 amide bonds. The van der Waals surface area contributed by atoms with Gasteiger partial charge in [0.25, 0.3) is 5.69 Å². The lowest BCUT2D eigenvalue weighted by atomic mass is 10.1. The summed E-state index contributed by atoms with van der Waals surface area (Å²) < 4.78 is 10.7. The van der Waals surface area contributed by atoms with Gasteiger partial charge in [-0.2, -0.15) is 5.10 Å². The SMILES string of the molecule is Cc1ccc(C(=O)N/N=C\c2ccc(-c3cccc([N+](=O)[O-])c3)o2)o1. The quantitative estimate of drug-likeness (QED) is 0.434. The molecule has 0 saturated carbocycles. The summed E-state index contributed by atoms with van der Waals surface area (Å²) in [6.45, 7) is 1.73. The first kappa shape index (κ1) is 16.2. The van der Waals surface area contributed by atoms with Crippen molar-refractivity contribution in [2.45, 2.75) is 6.92 Å². The molecule has 0 bridgehead atoms. The molecular formula is C17H13N3O5. The van der Waals surface area contributed by atoms with Crippen LogP contribution in [0, 0.1) is 17.0 Å². The second-order valence-corrected chi connectivity index (χ2v) is 5.12. The fraction of sp³-hybridized carbons (Fsp3) is 0.0588. The van der Waals surface area contributed by atoms with Crippen molar-refractivity contribution in [3.63, 3.8) is 0 Å². The van der Waals surface area contributed by atoms with Crippen molar-refractivity contribution in [2.24, 2.45) is 5.10 Å². The van der Waals surface area contributed by atoms with Gasteiger partial charge in [0, 0.05) is 17.7 Å². The highest BCUT2D eigenvalue weighted by molar-refractivity contribution is 5.92. The maximum absolute atomic E-state index is 11.8. The largest absolute Gasteiger partial charge is 0.456 e. The molecule has 0 spiro atoms. The number of carbonyl (C=O) groups is 1. The van der Waals surface area contributed by atoms with Gasteiger partial charge in [-0.05, 0) is 31.2 Å². The summed E-state index contributed by atoms with van der Waals surface area (Å²) in [5.41, 5.74) is 2.87. The maximum atomic E-state index is 11.8. The normalized spacial score (nSPS) is 10.9. The van der Waals surface area contributed by atoms with Gasteiger partial charge < -0.3 is 8.83 Å². The summed E-state index contributed by atoms with van der Waals surface area (Å²) in [4.78, 5) is 22.1. The lowest BCUT2D eigenvalue weighted by molar-refractivity contribution is -0.384. The Balaban J connectivity index is 1.68. The third kappa shape index (κ3) is 3.81. The summed E-state index contributed by atoms with van der Waals surface area (Å²) in [5, 5.41) is 14.6. The summed E-state index contributed by atoms with van der Waals surface area (Å²) >= 11 is 0. The van der Waals surface area contributed by atoms with Gasteiger partial charge in [0.15, 0.2) is 5.76 Å². The average Bonchev–Trinajstić information content (AvgIpc) is 3.24. The Morgan fingerprint density at radius 1 is 1.20 bits per heavy atom. The van der Waals surface area contributed by atoms with E-state index in [0.29, 0.717) is 22.8 Å². The minimum atomic E-state index is -0.477. The molecule has 0 atom stereocenters. The molecule has 0 aliphatic carbocycles. The zero-order valence-electron chi connectivity index (χ0n) is 13.1. The monoisotopic (exact) mass is 339 g/mol. The Morgan fingerprint density at radius 2 is 2.04 bits per heavy atom. The first-order chi connectivity index (χ1) is 12.0. The van der Waals surface area contributed by atoms with Crippen molar-refractivity contribution in [3.8, 4) is 11.3 Å². The number of rotatable bonds is 5. The van der Waals surface area contributed by atoms with Crippen LogP contribution < -0.4 is 5.43 Å². The van der Waals surface area contributed by atoms with Crippen molar-refractivity contribution in [1.29, 1.82) is 0 Å². The highest BCUT2D eigenvalue weighted by Crippen LogP contribution is 2.25. The number of aryl methyl sites for hydroxylation is 1. The van der Waals surface area contributed by atoms with E-state index in [1.165, 1.54) is 18.3 Å². The van der Waals surface area contributed by atoms with E-state index in [0.717, 1.165) is 0 Å². The number of hydrazone groups is 1. The van der Waals surface area contributed by atoms with Crippen LogP contribution in [-0.4, -0.2) is 17.0 Å². The highest BCUT2D eigenvalue weighted by atomic mass is 16.6. The van der Waals surface area contributed by atoms with Gasteiger partial charge in [0.1, 0.15) is 17.3 Å². The van der Waals surface area contributed by atoms with Crippen LogP contribution in [0.5, 0.6) is 0 Å². The van der Waals surface area contributed by atoms with Crippen molar-refractivity contribution in [3.05, 3.63) is 75.9 Å². The first-order valence-corrected chi connectivity index (χ1v) is 7.27. The zero-order chi connectivity index (χ0) is 17.8. The first-order valence-electron chi connectivity index (χ1n) is 7.27. The Labute approximate surface area is 141 Å². The van der Waals surface area contributed by atoms with Crippen molar-refractivity contribution < 1.29 is 18.6 Å². The minimum absolute atomic E-state index is 0.0230. The Hall–Kier alpha value is -3.68. The van der Waals surface area contributed by atoms with E-state index in [1.54, 1.807) is 43.3 Å². The molecule has 2 aromatic heterocycles. The number of nitro groups is 1. The smallest absolute Gasteiger partial charge is 0.307 e. The molecule has 0 fully saturated rings. The molecule has 8 nitrogen and oxygen atoms in total. The predicted molar refractivity (Wildman–Crippen MR) is 89.3 cm³/mol. The lowest BCUT2D eigenvalue weighted by Gasteiger charge is -1.97. The van der Waals surface area contributed by atoms with Gasteiger partial charge in [-0.1, -0.05) is 12.1 Å². The van der Waals surface area contributed by atoms with Crippen LogP contribution >= 0.6 is 0 Å². The predicted octanol–water partition coefficient (Wildman–Crippen LogP) is 3.52. The van der Waals surface area contributed by atoms with E-state index in [9.17, 15) is 14.9 Å². The second kappa shape index (κ2) is 6.83. The number of nitrogens with zero attached hydrogens (tertiary/aromatic N) is 2. The Bertz CT molecular complexity index is 955. The van der Waals surface area contributed by atoms with Gasteiger partial charge in [-0.15, -0.1) is 0 Å². The van der Waals surface area contributed by atoms with Crippen molar-refractivity contribution >= 4 is 17.8 Å². The van der Waals surface area contributed by atoms with Crippen LogP contribution in [0.25, 0.3) is 11.3 Å². The molecule has 25 heavy (non-hydrogen) atoms. The summed E-state index contributed by atoms with van der Waals surface area (Å²) in [7, 11) is 0. The topological polar surface area (TPSA) is 111 Å². The molecule has 1 aromatic carbocycles. The number of carbonyl (C=O) groups excluding carboxylic acids is 1. The number of non-ortho nitro benzene ring substituents is 1. The van der Waals surface area contributed by atoms with E-state index < -0.39 is 10.8 Å². The number of furan rings is 2. The zero-order valence-corrected chi connectivity index (χ0v) is 13.1. The number of hydrogen-bond acceptors (Lipinski definition) is 6. The van der Waals surface area contributed by atoms with Crippen LogP contribution in [-0.2, 0) is 0 Å². The number of nitrogens with one attached hydrogen (secondary N) is 1. The third-order valence-corrected chi connectivity index (χ3v) is 3.29. The lowest BCUT2D eigenvalue weighted by Crippen LogP contribution is -2.16. The molecule has 3 rings (SSSR count). The number of nitro benzene ring substituents is 1. The van der Waals surface area contributed by atoms with Crippen molar-refractivity contribution in [2.75, 3.05) is 0 Å². The standard InChI is InChI=1S/C17H13N3O5/c1-11-5-7-16(24-11)17(21)19-18-10-14-6-8-15(25-14)12-3-2-4-13(9-12)20(22)23/h2-10H,1H3,(H,19,21)/b18-10-. The maximum Gasteiger partial charge on any atom is 0.307 e. The number of hydrogen-bond donors (Lipinski definition) is 1. The van der Waals surface area contributed by atoms with Crippen molar-refractivity contribution in [1.82, 2.24) is 5.43 Å². The molecule has 3 aromatic rings. The molecule has 126 valence electrons. The summed E-state index contributed by atoms with van der Waals surface area (Å²) in [5.74, 6) is 1.15.